The number of thiazole rings is 1. The minimum atomic E-state index is -4.40. The first-order valence-corrected chi connectivity index (χ1v) is 7.11. The van der Waals surface area contributed by atoms with Gasteiger partial charge in [-0.3, -0.25) is 0 Å². The van der Waals surface area contributed by atoms with Crippen molar-refractivity contribution in [2.24, 2.45) is 0 Å². The number of halogens is 3. The molecule has 108 valence electrons. The van der Waals surface area contributed by atoms with Gasteiger partial charge in [0.1, 0.15) is 11.1 Å². The minimum Gasteiger partial charge on any atom is -0.371 e. The van der Waals surface area contributed by atoms with Gasteiger partial charge in [-0.25, -0.2) is 4.98 Å². The van der Waals surface area contributed by atoms with Gasteiger partial charge < -0.3 is 10.1 Å². The Balaban J connectivity index is 2.23. The molecule has 0 amide bonds. The SMILES string of the molecule is CC(C)NCc1sc(C2CCCO2)nc1C(F)(F)F. The molecule has 0 aliphatic carbocycles. The lowest BCUT2D eigenvalue weighted by molar-refractivity contribution is -0.141. The van der Waals surface area contributed by atoms with Crippen molar-refractivity contribution in [2.45, 2.75) is 51.6 Å². The van der Waals surface area contributed by atoms with Crippen LogP contribution in [0.2, 0.25) is 0 Å². The van der Waals surface area contributed by atoms with Crippen molar-refractivity contribution in [3.05, 3.63) is 15.6 Å². The van der Waals surface area contributed by atoms with Crippen LogP contribution in [0.25, 0.3) is 0 Å². The smallest absolute Gasteiger partial charge is 0.371 e. The second kappa shape index (κ2) is 5.76. The van der Waals surface area contributed by atoms with Gasteiger partial charge in [0.25, 0.3) is 0 Å². The van der Waals surface area contributed by atoms with Crippen molar-refractivity contribution in [1.82, 2.24) is 10.3 Å². The van der Waals surface area contributed by atoms with Crippen LogP contribution >= 0.6 is 11.3 Å². The van der Waals surface area contributed by atoms with E-state index in [1.54, 1.807) is 0 Å². The topological polar surface area (TPSA) is 34.1 Å². The third kappa shape index (κ3) is 3.67. The maximum absolute atomic E-state index is 12.9. The molecule has 1 unspecified atom stereocenters. The van der Waals surface area contributed by atoms with Crippen LogP contribution in [0, 0.1) is 0 Å². The molecule has 19 heavy (non-hydrogen) atoms. The van der Waals surface area contributed by atoms with Gasteiger partial charge in [-0.15, -0.1) is 11.3 Å². The fourth-order valence-corrected chi connectivity index (χ4v) is 3.04. The predicted molar refractivity (Wildman–Crippen MR) is 67.0 cm³/mol. The maximum Gasteiger partial charge on any atom is 0.434 e. The Morgan fingerprint density at radius 1 is 1.47 bits per heavy atom. The molecule has 2 heterocycles. The Morgan fingerprint density at radius 2 is 2.21 bits per heavy atom. The highest BCUT2D eigenvalue weighted by Crippen LogP contribution is 2.39. The molecule has 0 radical (unpaired) electrons. The summed E-state index contributed by atoms with van der Waals surface area (Å²) in [4.78, 5) is 4.01. The van der Waals surface area contributed by atoms with Crippen molar-refractivity contribution in [1.29, 1.82) is 0 Å². The molecule has 1 atom stereocenters. The van der Waals surface area contributed by atoms with E-state index < -0.39 is 11.9 Å². The third-order valence-electron chi connectivity index (χ3n) is 2.86. The summed E-state index contributed by atoms with van der Waals surface area (Å²) < 4.78 is 44.3. The van der Waals surface area contributed by atoms with Crippen molar-refractivity contribution < 1.29 is 17.9 Å². The standard InChI is InChI=1S/C12H17F3N2OS/c1-7(2)16-6-9-10(12(13,14)15)17-11(19-9)8-4-3-5-18-8/h7-8,16H,3-6H2,1-2H3. The summed E-state index contributed by atoms with van der Waals surface area (Å²) in [6.45, 7) is 4.59. The second-order valence-electron chi connectivity index (χ2n) is 4.86. The van der Waals surface area contributed by atoms with Crippen LogP contribution in [-0.4, -0.2) is 17.6 Å². The summed E-state index contributed by atoms with van der Waals surface area (Å²) in [5.74, 6) is 0. The molecule has 3 nitrogen and oxygen atoms in total. The summed E-state index contributed by atoms with van der Waals surface area (Å²) in [6, 6.07) is 0.134. The van der Waals surface area contributed by atoms with E-state index >= 15 is 0 Å². The Morgan fingerprint density at radius 3 is 2.74 bits per heavy atom. The van der Waals surface area contributed by atoms with E-state index in [9.17, 15) is 13.2 Å². The molecule has 7 heteroatoms. The molecule has 1 N–H and O–H groups in total. The Labute approximate surface area is 114 Å². The van der Waals surface area contributed by atoms with Crippen LogP contribution in [0.1, 0.15) is 48.4 Å². The molecule has 0 saturated carbocycles. The van der Waals surface area contributed by atoms with Gasteiger partial charge >= 0.3 is 6.18 Å². The van der Waals surface area contributed by atoms with Crippen molar-refractivity contribution in [3.63, 3.8) is 0 Å². The van der Waals surface area contributed by atoms with Gasteiger partial charge in [0.15, 0.2) is 5.69 Å². The number of rotatable bonds is 4. The summed E-state index contributed by atoms with van der Waals surface area (Å²) >= 11 is 1.11. The van der Waals surface area contributed by atoms with E-state index in [-0.39, 0.29) is 23.6 Å². The molecule has 1 aromatic rings. The molecule has 0 bridgehead atoms. The van der Waals surface area contributed by atoms with Gasteiger partial charge in [-0.1, -0.05) is 13.8 Å². The van der Waals surface area contributed by atoms with Gasteiger partial charge in [0.2, 0.25) is 0 Å². The molecule has 0 aromatic carbocycles. The Hall–Kier alpha value is -0.660. The normalized spacial score (nSPS) is 20.4. The van der Waals surface area contributed by atoms with Gasteiger partial charge in [0.05, 0.1) is 4.88 Å². The number of alkyl halides is 3. The van der Waals surface area contributed by atoms with Crippen LogP contribution < -0.4 is 5.32 Å². The Kier molecular flexibility index (Phi) is 4.47. The average molecular weight is 294 g/mol. The van der Waals surface area contributed by atoms with E-state index in [1.165, 1.54) is 0 Å². The number of hydrogen-bond acceptors (Lipinski definition) is 4. The lowest BCUT2D eigenvalue weighted by Gasteiger charge is -2.09. The largest absolute Gasteiger partial charge is 0.434 e. The molecule has 0 spiro atoms. The highest BCUT2D eigenvalue weighted by atomic mass is 32.1. The molecule has 1 aromatic heterocycles. The summed E-state index contributed by atoms with van der Waals surface area (Å²) in [5, 5.41) is 3.46. The molecular weight excluding hydrogens is 277 g/mol. The molecule has 1 fully saturated rings. The highest BCUT2D eigenvalue weighted by Gasteiger charge is 2.38. The van der Waals surface area contributed by atoms with E-state index in [0.717, 1.165) is 24.2 Å². The zero-order chi connectivity index (χ0) is 14.0. The first-order valence-electron chi connectivity index (χ1n) is 6.29. The van der Waals surface area contributed by atoms with E-state index in [4.69, 9.17) is 4.74 Å². The van der Waals surface area contributed by atoms with Crippen molar-refractivity contribution >= 4 is 11.3 Å². The second-order valence-corrected chi connectivity index (χ2v) is 5.97. The summed E-state index contributed by atoms with van der Waals surface area (Å²) in [5.41, 5.74) is -0.767. The maximum atomic E-state index is 12.9. The van der Waals surface area contributed by atoms with Crippen molar-refractivity contribution in [2.75, 3.05) is 6.61 Å². The quantitative estimate of drug-likeness (QED) is 0.922. The van der Waals surface area contributed by atoms with Gasteiger partial charge in [-0.2, -0.15) is 13.2 Å². The first kappa shape index (κ1) is 14.7. The first-order chi connectivity index (χ1) is 8.88. The average Bonchev–Trinajstić information content (AvgIpc) is 2.94. The summed E-state index contributed by atoms with van der Waals surface area (Å²) in [6.07, 6.45) is -3.03. The zero-order valence-electron chi connectivity index (χ0n) is 10.9. The fraction of sp³-hybridized carbons (Fsp3) is 0.750. The lowest BCUT2D eigenvalue weighted by Crippen LogP contribution is -2.23. The zero-order valence-corrected chi connectivity index (χ0v) is 11.7. The number of hydrogen-bond donors (Lipinski definition) is 1. The van der Waals surface area contributed by atoms with Crippen LogP contribution in [0.15, 0.2) is 0 Å². The monoisotopic (exact) mass is 294 g/mol. The number of nitrogens with zero attached hydrogens (tertiary/aromatic N) is 1. The van der Waals surface area contributed by atoms with Crippen LogP contribution in [0.5, 0.6) is 0 Å². The third-order valence-corrected chi connectivity index (χ3v) is 4.01. The predicted octanol–water partition coefficient (Wildman–Crippen LogP) is 3.51. The minimum absolute atomic E-state index is 0.134. The lowest BCUT2D eigenvalue weighted by atomic mass is 10.2. The van der Waals surface area contributed by atoms with E-state index in [2.05, 4.69) is 10.3 Å². The number of nitrogens with one attached hydrogen (secondary N) is 1. The number of ether oxygens (including phenoxy) is 1. The van der Waals surface area contributed by atoms with E-state index in [1.807, 2.05) is 13.8 Å². The van der Waals surface area contributed by atoms with Gasteiger partial charge in [0, 0.05) is 19.2 Å². The van der Waals surface area contributed by atoms with Crippen LogP contribution in [0.4, 0.5) is 13.2 Å². The van der Waals surface area contributed by atoms with Crippen molar-refractivity contribution in [3.8, 4) is 0 Å². The molecule has 1 aliphatic rings. The molecule has 1 aliphatic heterocycles. The molecular formula is C12H17F3N2OS. The fourth-order valence-electron chi connectivity index (χ4n) is 1.92. The van der Waals surface area contributed by atoms with Crippen LogP contribution in [-0.2, 0) is 17.5 Å². The molecule has 2 rings (SSSR count). The van der Waals surface area contributed by atoms with Gasteiger partial charge in [-0.05, 0) is 12.8 Å². The Bertz CT molecular complexity index is 425. The molecule has 1 saturated heterocycles. The van der Waals surface area contributed by atoms with Crippen LogP contribution in [0.3, 0.4) is 0 Å². The van der Waals surface area contributed by atoms with E-state index in [0.29, 0.717) is 11.6 Å². The number of aromatic nitrogens is 1. The highest BCUT2D eigenvalue weighted by molar-refractivity contribution is 7.11. The summed E-state index contributed by atoms with van der Waals surface area (Å²) in [7, 11) is 0.